The molecule has 0 aliphatic carbocycles. The van der Waals surface area contributed by atoms with E-state index in [0.29, 0.717) is 15.6 Å². The number of aromatic hydroxyl groups is 1. The van der Waals surface area contributed by atoms with Crippen molar-refractivity contribution in [1.82, 2.24) is 0 Å². The van der Waals surface area contributed by atoms with E-state index in [4.69, 9.17) is 11.6 Å². The van der Waals surface area contributed by atoms with Gasteiger partial charge >= 0.3 is 0 Å². The van der Waals surface area contributed by atoms with Crippen LogP contribution in [-0.2, 0) is 4.79 Å². The number of carbonyl (C=O) groups excluding carboxylic acids is 2. The van der Waals surface area contributed by atoms with Gasteiger partial charge in [-0.25, -0.2) is 4.90 Å². The van der Waals surface area contributed by atoms with Gasteiger partial charge < -0.3 is 5.11 Å². The van der Waals surface area contributed by atoms with Crippen LogP contribution < -0.4 is 4.90 Å². The Balaban J connectivity index is 1.98. The highest BCUT2D eigenvalue weighted by atomic mass is 35.5. The summed E-state index contributed by atoms with van der Waals surface area (Å²) in [7, 11) is 0. The number of thioether (sulfide) groups is 1. The summed E-state index contributed by atoms with van der Waals surface area (Å²) in [5.74, 6) is -0.285. The van der Waals surface area contributed by atoms with Crippen molar-refractivity contribution in [3.8, 4) is 5.75 Å². The average Bonchev–Trinajstić information content (AvgIpc) is 2.83. The largest absolute Gasteiger partial charge is 0.508 e. The predicted molar refractivity (Wildman–Crippen MR) is 92.6 cm³/mol. The normalized spacial score (nSPS) is 16.9. The summed E-state index contributed by atoms with van der Waals surface area (Å²) in [6.45, 7) is 1.80. The molecule has 1 fully saturated rings. The summed E-state index contributed by atoms with van der Waals surface area (Å²) in [4.78, 5) is 26.3. The van der Waals surface area contributed by atoms with E-state index >= 15 is 0 Å². The molecule has 2 aromatic carbocycles. The number of allylic oxidation sites excluding steroid dienone is 1. The number of phenols is 1. The highest BCUT2D eigenvalue weighted by Gasteiger charge is 2.37. The summed E-state index contributed by atoms with van der Waals surface area (Å²) in [5, 5.41) is 9.58. The van der Waals surface area contributed by atoms with E-state index in [-0.39, 0.29) is 16.9 Å². The minimum absolute atomic E-state index is 0.0774. The maximum Gasteiger partial charge on any atom is 0.298 e. The Kier molecular flexibility index (Phi) is 4.15. The Bertz CT molecular complexity index is 813. The lowest BCUT2D eigenvalue weighted by molar-refractivity contribution is -0.113. The number of amides is 2. The highest BCUT2D eigenvalue weighted by molar-refractivity contribution is 8.19. The van der Waals surface area contributed by atoms with Gasteiger partial charge in [0.05, 0.1) is 10.6 Å². The smallest absolute Gasteiger partial charge is 0.298 e. The van der Waals surface area contributed by atoms with Crippen molar-refractivity contribution >= 4 is 45.8 Å². The molecule has 0 spiro atoms. The molecule has 3 rings (SSSR count). The maximum atomic E-state index is 12.6. The van der Waals surface area contributed by atoms with Crippen LogP contribution in [0.4, 0.5) is 10.5 Å². The van der Waals surface area contributed by atoms with Crippen molar-refractivity contribution in [2.45, 2.75) is 6.92 Å². The molecule has 0 bridgehead atoms. The average molecular weight is 346 g/mol. The third kappa shape index (κ3) is 2.98. The highest BCUT2D eigenvalue weighted by Crippen LogP contribution is 2.39. The molecule has 23 heavy (non-hydrogen) atoms. The molecule has 4 nitrogen and oxygen atoms in total. The Labute approximate surface area is 142 Å². The molecule has 0 unspecified atom stereocenters. The number of phenolic OH excluding ortho intramolecular Hbond substituents is 1. The Hall–Kier alpha value is -2.24. The van der Waals surface area contributed by atoms with E-state index in [1.54, 1.807) is 19.1 Å². The van der Waals surface area contributed by atoms with Gasteiger partial charge in [-0.3, -0.25) is 9.59 Å². The first-order valence-electron chi connectivity index (χ1n) is 6.79. The SMILES string of the molecule is C/C(=C1/SC(=O)N(c2ccc(O)cc2)C1=O)c1ccc(Cl)cc1. The van der Waals surface area contributed by atoms with Gasteiger partial charge in [0.1, 0.15) is 5.75 Å². The minimum atomic E-state index is -0.363. The molecule has 1 aliphatic heterocycles. The molecule has 0 radical (unpaired) electrons. The lowest BCUT2D eigenvalue weighted by Gasteiger charge is -2.12. The van der Waals surface area contributed by atoms with Gasteiger partial charge in [0.2, 0.25) is 0 Å². The van der Waals surface area contributed by atoms with Crippen LogP contribution in [-0.4, -0.2) is 16.3 Å². The first kappa shape index (κ1) is 15.6. The van der Waals surface area contributed by atoms with Crippen LogP contribution in [0.2, 0.25) is 5.02 Å². The third-order valence-corrected chi connectivity index (χ3v) is 4.79. The van der Waals surface area contributed by atoms with Crippen molar-refractivity contribution in [3.05, 3.63) is 64.0 Å². The van der Waals surface area contributed by atoms with Crippen LogP contribution in [0, 0.1) is 0 Å². The number of carbonyl (C=O) groups is 2. The van der Waals surface area contributed by atoms with Crippen molar-refractivity contribution in [2.24, 2.45) is 0 Å². The molecule has 6 heteroatoms. The molecule has 0 aromatic heterocycles. The summed E-state index contributed by atoms with van der Waals surface area (Å²) >= 11 is 6.78. The zero-order chi connectivity index (χ0) is 16.6. The molecule has 1 heterocycles. The van der Waals surface area contributed by atoms with Gasteiger partial charge in [0, 0.05) is 5.02 Å². The Morgan fingerprint density at radius 1 is 1.04 bits per heavy atom. The number of imide groups is 1. The Morgan fingerprint density at radius 3 is 2.26 bits per heavy atom. The summed E-state index contributed by atoms with van der Waals surface area (Å²) in [6, 6.07) is 13.1. The fraction of sp³-hybridized carbons (Fsp3) is 0.0588. The van der Waals surface area contributed by atoms with Gasteiger partial charge in [-0.2, -0.15) is 0 Å². The van der Waals surface area contributed by atoms with Crippen LogP contribution in [0.25, 0.3) is 5.57 Å². The summed E-state index contributed by atoms with van der Waals surface area (Å²) in [6.07, 6.45) is 0. The zero-order valence-corrected chi connectivity index (χ0v) is 13.7. The van der Waals surface area contributed by atoms with Crippen molar-refractivity contribution in [3.63, 3.8) is 0 Å². The topological polar surface area (TPSA) is 57.6 Å². The molecule has 0 atom stereocenters. The number of hydrogen-bond donors (Lipinski definition) is 1. The lowest BCUT2D eigenvalue weighted by Crippen LogP contribution is -2.27. The second kappa shape index (κ2) is 6.10. The van der Waals surface area contributed by atoms with Crippen LogP contribution in [0.1, 0.15) is 12.5 Å². The second-order valence-electron chi connectivity index (χ2n) is 4.99. The fourth-order valence-corrected chi connectivity index (χ4v) is 3.28. The van der Waals surface area contributed by atoms with Gasteiger partial charge in [0.25, 0.3) is 11.1 Å². The second-order valence-corrected chi connectivity index (χ2v) is 6.38. The minimum Gasteiger partial charge on any atom is -0.508 e. The standard InChI is InChI=1S/C17H12ClNO3S/c1-10(11-2-4-12(18)5-3-11)15-16(21)19(17(22)23-15)13-6-8-14(20)9-7-13/h2-9,20H,1H3/b15-10-. The number of rotatable bonds is 2. The first-order valence-corrected chi connectivity index (χ1v) is 7.99. The molecule has 2 amide bonds. The van der Waals surface area contributed by atoms with Crippen molar-refractivity contribution < 1.29 is 14.7 Å². The molecule has 1 aliphatic rings. The van der Waals surface area contributed by atoms with E-state index < -0.39 is 0 Å². The van der Waals surface area contributed by atoms with Gasteiger partial charge in [0.15, 0.2) is 0 Å². The summed E-state index contributed by atoms with van der Waals surface area (Å²) in [5.41, 5.74) is 2.00. The monoisotopic (exact) mass is 345 g/mol. The number of halogens is 1. The van der Waals surface area contributed by atoms with Crippen LogP contribution >= 0.6 is 23.4 Å². The number of nitrogens with zero attached hydrogens (tertiary/aromatic N) is 1. The van der Waals surface area contributed by atoms with E-state index in [9.17, 15) is 14.7 Å². The van der Waals surface area contributed by atoms with Crippen molar-refractivity contribution in [2.75, 3.05) is 4.90 Å². The molecule has 2 aromatic rings. The lowest BCUT2D eigenvalue weighted by atomic mass is 10.1. The van der Waals surface area contributed by atoms with E-state index in [1.165, 1.54) is 24.3 Å². The van der Waals surface area contributed by atoms with Crippen LogP contribution in [0.3, 0.4) is 0 Å². The third-order valence-electron chi connectivity index (χ3n) is 3.50. The molecule has 1 N–H and O–H groups in total. The van der Waals surface area contributed by atoms with Crippen molar-refractivity contribution in [1.29, 1.82) is 0 Å². The Morgan fingerprint density at radius 2 is 1.65 bits per heavy atom. The molecular weight excluding hydrogens is 334 g/mol. The summed E-state index contributed by atoms with van der Waals surface area (Å²) < 4.78 is 0. The van der Waals surface area contributed by atoms with Gasteiger partial charge in [-0.1, -0.05) is 23.7 Å². The fourth-order valence-electron chi connectivity index (χ4n) is 2.25. The van der Waals surface area contributed by atoms with Gasteiger partial charge in [-0.05, 0) is 66.2 Å². The molecule has 1 saturated heterocycles. The molecule has 116 valence electrons. The predicted octanol–water partition coefficient (Wildman–Crippen LogP) is 4.68. The quantitative estimate of drug-likeness (QED) is 0.803. The number of hydrogen-bond acceptors (Lipinski definition) is 4. The van der Waals surface area contributed by atoms with Crippen LogP contribution in [0.5, 0.6) is 5.75 Å². The number of benzene rings is 2. The maximum absolute atomic E-state index is 12.6. The first-order chi connectivity index (χ1) is 11.0. The van der Waals surface area contributed by atoms with E-state index in [2.05, 4.69) is 0 Å². The number of anilines is 1. The molecular formula is C17H12ClNO3S. The van der Waals surface area contributed by atoms with E-state index in [1.807, 2.05) is 12.1 Å². The van der Waals surface area contributed by atoms with Crippen LogP contribution in [0.15, 0.2) is 53.4 Å². The molecule has 0 saturated carbocycles. The van der Waals surface area contributed by atoms with Gasteiger partial charge in [-0.15, -0.1) is 0 Å². The van der Waals surface area contributed by atoms with E-state index in [0.717, 1.165) is 27.8 Å². The zero-order valence-electron chi connectivity index (χ0n) is 12.1.